The molecule has 4 rings (SSSR count). The van der Waals surface area contributed by atoms with E-state index in [4.69, 9.17) is 14.2 Å². The number of ether oxygens (including phenoxy) is 3. The zero-order valence-electron chi connectivity index (χ0n) is 18.4. The molecule has 0 spiro atoms. The number of nitrogens with zero attached hydrogens (tertiary/aromatic N) is 2. The zero-order valence-corrected chi connectivity index (χ0v) is 18.4. The molecule has 0 unspecified atom stereocenters. The normalized spacial score (nSPS) is 15.0. The SMILES string of the molecule is COc1ccc([C@@H]2CC(c3c(O)n(Cc4ccccc4)c(=O)[nH]c3=O)=NN2)c(OC)c1OC. The molecule has 0 saturated carbocycles. The van der Waals surface area contributed by atoms with Crippen LogP contribution in [0.25, 0.3) is 0 Å². The van der Waals surface area contributed by atoms with Crippen molar-refractivity contribution in [2.75, 3.05) is 21.3 Å². The highest BCUT2D eigenvalue weighted by molar-refractivity contribution is 6.03. The van der Waals surface area contributed by atoms with Gasteiger partial charge >= 0.3 is 5.69 Å². The fraction of sp³-hybridized carbons (Fsp3) is 0.261. The first kappa shape index (κ1) is 22.0. The Morgan fingerprint density at radius 3 is 2.42 bits per heavy atom. The Morgan fingerprint density at radius 1 is 1.03 bits per heavy atom. The molecule has 0 fully saturated rings. The van der Waals surface area contributed by atoms with Crippen LogP contribution in [0, 0.1) is 0 Å². The maximum atomic E-state index is 12.6. The van der Waals surface area contributed by atoms with E-state index >= 15 is 0 Å². The third kappa shape index (κ3) is 4.02. The fourth-order valence-electron chi connectivity index (χ4n) is 3.91. The molecule has 2 heterocycles. The minimum Gasteiger partial charge on any atom is -0.494 e. The molecular weight excluding hydrogens is 428 g/mol. The number of methoxy groups -OCH3 is 3. The first-order valence-electron chi connectivity index (χ1n) is 10.2. The minimum atomic E-state index is -0.706. The molecule has 3 aromatic rings. The van der Waals surface area contributed by atoms with Gasteiger partial charge in [0.05, 0.1) is 39.6 Å². The van der Waals surface area contributed by atoms with Crippen LogP contribution >= 0.6 is 0 Å². The molecule has 3 N–H and O–H groups in total. The van der Waals surface area contributed by atoms with E-state index in [0.29, 0.717) is 23.0 Å². The van der Waals surface area contributed by atoms with Crippen LogP contribution in [-0.2, 0) is 6.54 Å². The first-order valence-corrected chi connectivity index (χ1v) is 10.2. The second-order valence-electron chi connectivity index (χ2n) is 7.40. The van der Waals surface area contributed by atoms with Crippen LogP contribution in [0.15, 0.2) is 57.2 Å². The van der Waals surface area contributed by atoms with Gasteiger partial charge in [-0.05, 0) is 17.7 Å². The maximum Gasteiger partial charge on any atom is 0.331 e. The quantitative estimate of drug-likeness (QED) is 0.498. The maximum absolute atomic E-state index is 12.6. The highest BCUT2D eigenvalue weighted by atomic mass is 16.5. The summed E-state index contributed by atoms with van der Waals surface area (Å²) in [5.41, 5.74) is 3.38. The van der Waals surface area contributed by atoms with Crippen LogP contribution in [0.5, 0.6) is 23.1 Å². The molecule has 1 atom stereocenters. The average Bonchev–Trinajstić information content (AvgIpc) is 3.30. The topological polar surface area (TPSA) is 127 Å². The number of benzene rings is 2. The lowest BCUT2D eigenvalue weighted by molar-refractivity contribution is 0.320. The molecule has 1 aliphatic rings. The Kier molecular flexibility index (Phi) is 6.07. The van der Waals surface area contributed by atoms with E-state index in [1.165, 1.54) is 21.3 Å². The van der Waals surface area contributed by atoms with Gasteiger partial charge in [-0.1, -0.05) is 30.3 Å². The van der Waals surface area contributed by atoms with E-state index < -0.39 is 17.1 Å². The van der Waals surface area contributed by atoms with Gasteiger partial charge in [-0.3, -0.25) is 14.3 Å². The van der Waals surface area contributed by atoms with Crippen LogP contribution in [0.1, 0.15) is 29.2 Å². The third-order valence-corrected chi connectivity index (χ3v) is 5.51. The largest absolute Gasteiger partial charge is 0.494 e. The smallest absolute Gasteiger partial charge is 0.331 e. The number of aromatic amines is 1. The lowest BCUT2D eigenvalue weighted by atomic mass is 9.98. The lowest BCUT2D eigenvalue weighted by Crippen LogP contribution is -2.34. The molecule has 10 nitrogen and oxygen atoms in total. The number of hydrogen-bond acceptors (Lipinski definition) is 8. The summed E-state index contributed by atoms with van der Waals surface area (Å²) in [6, 6.07) is 12.4. The number of hydrogen-bond donors (Lipinski definition) is 3. The Hall–Kier alpha value is -4.21. The molecular formula is C23H24N4O6. The molecule has 0 bridgehead atoms. The third-order valence-electron chi connectivity index (χ3n) is 5.51. The molecule has 172 valence electrons. The van der Waals surface area contributed by atoms with Crippen LogP contribution < -0.4 is 30.9 Å². The van der Waals surface area contributed by atoms with E-state index in [-0.39, 0.29) is 24.6 Å². The summed E-state index contributed by atoms with van der Waals surface area (Å²) in [7, 11) is 4.57. The van der Waals surface area contributed by atoms with Crippen LogP contribution in [0.3, 0.4) is 0 Å². The summed E-state index contributed by atoms with van der Waals surface area (Å²) >= 11 is 0. The summed E-state index contributed by atoms with van der Waals surface area (Å²) < 4.78 is 17.4. The van der Waals surface area contributed by atoms with Crippen molar-refractivity contribution in [2.24, 2.45) is 5.10 Å². The number of nitrogens with one attached hydrogen (secondary N) is 2. The van der Waals surface area contributed by atoms with E-state index in [1.54, 1.807) is 6.07 Å². The number of H-pyrrole nitrogens is 1. The molecule has 0 aliphatic carbocycles. The van der Waals surface area contributed by atoms with Crippen molar-refractivity contribution in [3.05, 3.63) is 80.0 Å². The molecule has 0 radical (unpaired) electrons. The number of aromatic nitrogens is 2. The van der Waals surface area contributed by atoms with Crippen LogP contribution in [0.2, 0.25) is 0 Å². The van der Waals surface area contributed by atoms with Gasteiger partial charge in [0.1, 0.15) is 5.56 Å². The molecule has 10 heteroatoms. The summed E-state index contributed by atoms with van der Waals surface area (Å²) in [4.78, 5) is 27.3. The number of aromatic hydroxyl groups is 1. The predicted octanol–water partition coefficient (Wildman–Crippen LogP) is 1.75. The lowest BCUT2D eigenvalue weighted by Gasteiger charge is -2.19. The summed E-state index contributed by atoms with van der Waals surface area (Å²) in [6.45, 7) is 0.100. The van der Waals surface area contributed by atoms with Crippen molar-refractivity contribution >= 4 is 5.71 Å². The fourth-order valence-corrected chi connectivity index (χ4v) is 3.91. The van der Waals surface area contributed by atoms with Crippen molar-refractivity contribution in [3.63, 3.8) is 0 Å². The van der Waals surface area contributed by atoms with Gasteiger partial charge in [0.25, 0.3) is 5.56 Å². The van der Waals surface area contributed by atoms with Gasteiger partial charge < -0.3 is 24.7 Å². The standard InChI is InChI=1S/C23H24N4O6/c1-31-17-10-9-14(19(32-2)20(17)33-3)15-11-16(26-25-15)18-21(28)24-23(30)27(22(18)29)12-13-7-5-4-6-8-13/h4-10,15,25,29H,11-12H2,1-3H3,(H,24,28,30)/t15-/m0/s1. The van der Waals surface area contributed by atoms with E-state index in [0.717, 1.165) is 15.7 Å². The average molecular weight is 452 g/mol. The van der Waals surface area contributed by atoms with Crippen molar-refractivity contribution in [3.8, 4) is 23.1 Å². The monoisotopic (exact) mass is 452 g/mol. The van der Waals surface area contributed by atoms with Crippen LogP contribution in [-0.4, -0.2) is 41.7 Å². The van der Waals surface area contributed by atoms with Gasteiger partial charge in [0, 0.05) is 12.0 Å². The van der Waals surface area contributed by atoms with Gasteiger partial charge in [0.15, 0.2) is 11.5 Å². The van der Waals surface area contributed by atoms with E-state index in [1.807, 2.05) is 36.4 Å². The summed E-state index contributed by atoms with van der Waals surface area (Å²) in [5.74, 6) is 0.982. The molecule has 2 aromatic carbocycles. The number of hydrazone groups is 1. The second kappa shape index (κ2) is 9.11. The highest BCUT2D eigenvalue weighted by Gasteiger charge is 2.30. The van der Waals surface area contributed by atoms with E-state index in [9.17, 15) is 14.7 Å². The van der Waals surface area contributed by atoms with E-state index in [2.05, 4.69) is 15.5 Å². The Morgan fingerprint density at radius 2 is 1.76 bits per heavy atom. The van der Waals surface area contributed by atoms with Gasteiger partial charge in [0.2, 0.25) is 11.6 Å². The summed E-state index contributed by atoms with van der Waals surface area (Å²) in [6.07, 6.45) is 0.270. The Bertz CT molecular complexity index is 1310. The second-order valence-corrected chi connectivity index (χ2v) is 7.40. The van der Waals surface area contributed by atoms with Gasteiger partial charge in [-0.2, -0.15) is 5.10 Å². The predicted molar refractivity (Wildman–Crippen MR) is 122 cm³/mol. The zero-order chi connectivity index (χ0) is 23.5. The van der Waals surface area contributed by atoms with Crippen molar-refractivity contribution < 1.29 is 19.3 Å². The van der Waals surface area contributed by atoms with Gasteiger partial charge in [-0.15, -0.1) is 0 Å². The molecule has 0 amide bonds. The van der Waals surface area contributed by atoms with Crippen molar-refractivity contribution in [1.29, 1.82) is 0 Å². The molecule has 0 saturated heterocycles. The molecule has 1 aromatic heterocycles. The van der Waals surface area contributed by atoms with Crippen LogP contribution in [0.4, 0.5) is 0 Å². The molecule has 1 aliphatic heterocycles. The first-order chi connectivity index (χ1) is 16.0. The number of rotatable bonds is 7. The molecule has 33 heavy (non-hydrogen) atoms. The Labute approximate surface area is 189 Å². The Balaban J connectivity index is 1.68. The van der Waals surface area contributed by atoms with Crippen molar-refractivity contribution in [2.45, 2.75) is 19.0 Å². The minimum absolute atomic E-state index is 0.0556. The summed E-state index contributed by atoms with van der Waals surface area (Å²) in [5, 5.41) is 15.1. The van der Waals surface area contributed by atoms with Crippen molar-refractivity contribution in [1.82, 2.24) is 15.0 Å². The highest BCUT2D eigenvalue weighted by Crippen LogP contribution is 2.43. The van der Waals surface area contributed by atoms with Gasteiger partial charge in [-0.25, -0.2) is 4.79 Å².